The average Bonchev–Trinajstić information content (AvgIpc) is 3.26. The Balaban J connectivity index is 1.66. The maximum Gasteiger partial charge on any atom is 0.249 e. The molecule has 0 aliphatic heterocycles. The van der Waals surface area contributed by atoms with Crippen molar-refractivity contribution in [2.45, 2.75) is 45.1 Å². The summed E-state index contributed by atoms with van der Waals surface area (Å²) < 4.78 is 0. The van der Waals surface area contributed by atoms with Gasteiger partial charge in [-0.3, -0.25) is 14.9 Å². The van der Waals surface area contributed by atoms with Crippen molar-refractivity contribution in [3.05, 3.63) is 65.7 Å². The molecule has 0 aliphatic carbocycles. The van der Waals surface area contributed by atoms with Crippen LogP contribution < -0.4 is 16.4 Å². The summed E-state index contributed by atoms with van der Waals surface area (Å²) >= 11 is 1.30. The Morgan fingerprint density at radius 2 is 1.75 bits per heavy atom. The normalized spacial score (nSPS) is 11.7. The minimum absolute atomic E-state index is 0.143. The molecule has 1 unspecified atom stereocenters. The van der Waals surface area contributed by atoms with Gasteiger partial charge in [0.15, 0.2) is 0 Å². The third-order valence-corrected chi connectivity index (χ3v) is 5.88. The molecule has 7 nitrogen and oxygen atoms in total. The zero-order valence-electron chi connectivity index (χ0n) is 18.2. The Morgan fingerprint density at radius 3 is 2.47 bits per heavy atom. The van der Waals surface area contributed by atoms with Gasteiger partial charge in [0, 0.05) is 18.4 Å². The van der Waals surface area contributed by atoms with Crippen molar-refractivity contribution in [3.8, 4) is 10.6 Å². The number of nitrogens with two attached hydrogens (primary N) is 1. The maximum atomic E-state index is 13.0. The lowest BCUT2D eigenvalue weighted by Gasteiger charge is -2.18. The largest absolute Gasteiger partial charge is 0.344 e. The van der Waals surface area contributed by atoms with Crippen LogP contribution in [0.3, 0.4) is 0 Å². The molecule has 0 fully saturated rings. The zero-order chi connectivity index (χ0) is 22.8. The van der Waals surface area contributed by atoms with Crippen LogP contribution >= 0.6 is 11.3 Å². The number of benzene rings is 2. The van der Waals surface area contributed by atoms with E-state index in [4.69, 9.17) is 5.73 Å². The fraction of sp³-hybridized carbons (Fsp3) is 0.333. The molecule has 1 atom stereocenters. The van der Waals surface area contributed by atoms with Crippen LogP contribution in [-0.2, 0) is 16.0 Å². The van der Waals surface area contributed by atoms with Crippen LogP contribution in [0.2, 0.25) is 0 Å². The van der Waals surface area contributed by atoms with Gasteiger partial charge in [-0.25, -0.2) is 0 Å². The van der Waals surface area contributed by atoms with Crippen LogP contribution in [0.1, 0.15) is 36.8 Å². The lowest BCUT2D eigenvalue weighted by molar-refractivity contribution is -0.126. The van der Waals surface area contributed by atoms with Gasteiger partial charge in [0.25, 0.3) is 0 Å². The lowest BCUT2D eigenvalue weighted by atomic mass is 10.0. The smallest absolute Gasteiger partial charge is 0.249 e. The molecular weight excluding hydrogens is 422 g/mol. The number of unbranched alkanes of at least 4 members (excludes halogenated alkanes) is 2. The van der Waals surface area contributed by atoms with E-state index in [1.807, 2.05) is 61.5 Å². The molecule has 3 rings (SSSR count). The minimum Gasteiger partial charge on any atom is -0.344 e. The molecule has 1 aromatic heterocycles. The van der Waals surface area contributed by atoms with Gasteiger partial charge in [0.05, 0.1) is 0 Å². The van der Waals surface area contributed by atoms with E-state index in [9.17, 15) is 9.59 Å². The molecule has 2 aromatic carbocycles. The van der Waals surface area contributed by atoms with E-state index in [0.29, 0.717) is 24.5 Å². The first kappa shape index (κ1) is 23.6. The number of aromatic nitrogens is 2. The van der Waals surface area contributed by atoms with E-state index in [2.05, 4.69) is 20.8 Å². The van der Waals surface area contributed by atoms with Gasteiger partial charge in [0.1, 0.15) is 11.0 Å². The van der Waals surface area contributed by atoms with Crippen LogP contribution in [-0.4, -0.2) is 34.6 Å². The van der Waals surface area contributed by atoms with Crippen molar-refractivity contribution < 1.29 is 9.59 Å². The second-order valence-electron chi connectivity index (χ2n) is 7.68. The number of anilines is 1. The third-order valence-electron chi connectivity index (χ3n) is 5.00. The topological polar surface area (TPSA) is 110 Å². The van der Waals surface area contributed by atoms with Crippen molar-refractivity contribution in [1.29, 1.82) is 0 Å². The standard InChI is InChI=1S/C24H29N5O2S/c1-17-11-13-19(14-12-17)23-28-29-24(32-23)27-22(31)20(16-18-8-4-2-5-9-18)26-21(30)10-6-3-7-15-25/h2,4-5,8-9,11-14,20H,3,6-7,10,15-16,25H2,1H3,(H,26,30)(H,27,29,31). The molecule has 0 saturated carbocycles. The van der Waals surface area contributed by atoms with Gasteiger partial charge < -0.3 is 11.1 Å². The fourth-order valence-corrected chi connectivity index (χ4v) is 3.96. The average molecular weight is 452 g/mol. The van der Waals surface area contributed by atoms with Crippen molar-refractivity contribution >= 4 is 28.3 Å². The van der Waals surface area contributed by atoms with E-state index in [1.54, 1.807) is 0 Å². The summed E-state index contributed by atoms with van der Waals surface area (Å²) in [6.45, 7) is 2.64. The number of hydrogen-bond donors (Lipinski definition) is 3. The maximum absolute atomic E-state index is 13.0. The zero-order valence-corrected chi connectivity index (χ0v) is 19.0. The number of nitrogens with one attached hydrogen (secondary N) is 2. The molecule has 0 bridgehead atoms. The number of amides is 2. The summed E-state index contributed by atoms with van der Waals surface area (Å²) in [5, 5.41) is 15.1. The fourth-order valence-electron chi connectivity index (χ4n) is 3.21. The first-order valence-electron chi connectivity index (χ1n) is 10.8. The van der Waals surface area contributed by atoms with E-state index >= 15 is 0 Å². The summed E-state index contributed by atoms with van der Waals surface area (Å²) in [6, 6.07) is 16.9. The molecule has 0 radical (unpaired) electrons. The van der Waals surface area contributed by atoms with Crippen molar-refractivity contribution in [2.75, 3.05) is 11.9 Å². The molecule has 168 valence electrons. The molecule has 1 heterocycles. The molecule has 2 amide bonds. The predicted octanol–water partition coefficient (Wildman–Crippen LogP) is 3.70. The molecule has 4 N–H and O–H groups in total. The van der Waals surface area contributed by atoms with E-state index in [0.717, 1.165) is 41.0 Å². The molecular formula is C24H29N5O2S. The molecule has 0 spiro atoms. The van der Waals surface area contributed by atoms with Crippen LogP contribution in [0.15, 0.2) is 54.6 Å². The van der Waals surface area contributed by atoms with E-state index in [-0.39, 0.29) is 11.8 Å². The van der Waals surface area contributed by atoms with Crippen LogP contribution in [0.4, 0.5) is 5.13 Å². The van der Waals surface area contributed by atoms with Gasteiger partial charge in [-0.1, -0.05) is 77.9 Å². The Hall–Kier alpha value is -3.10. The highest BCUT2D eigenvalue weighted by molar-refractivity contribution is 7.18. The highest BCUT2D eigenvalue weighted by atomic mass is 32.1. The van der Waals surface area contributed by atoms with Crippen LogP contribution in [0.25, 0.3) is 10.6 Å². The predicted molar refractivity (Wildman–Crippen MR) is 128 cm³/mol. The quantitative estimate of drug-likeness (QED) is 0.385. The third kappa shape index (κ3) is 7.25. The number of carbonyl (C=O) groups is 2. The SMILES string of the molecule is Cc1ccc(-c2nnc(NC(=O)C(Cc3ccccc3)NC(=O)CCCCCN)s2)cc1. The molecule has 0 saturated heterocycles. The van der Waals surface area contributed by atoms with Gasteiger partial charge in [-0.05, 0) is 31.9 Å². The second-order valence-corrected chi connectivity index (χ2v) is 8.65. The number of hydrogen-bond acceptors (Lipinski definition) is 6. The summed E-state index contributed by atoms with van der Waals surface area (Å²) in [4.78, 5) is 25.4. The number of nitrogens with zero attached hydrogens (tertiary/aromatic N) is 2. The summed E-state index contributed by atoms with van der Waals surface area (Å²) in [5.41, 5.74) is 8.58. The van der Waals surface area contributed by atoms with Gasteiger partial charge >= 0.3 is 0 Å². The first-order valence-corrected chi connectivity index (χ1v) is 11.6. The van der Waals surface area contributed by atoms with Gasteiger partial charge in [0.2, 0.25) is 16.9 Å². The van der Waals surface area contributed by atoms with Crippen molar-refractivity contribution in [1.82, 2.24) is 15.5 Å². The van der Waals surface area contributed by atoms with Gasteiger partial charge in [-0.2, -0.15) is 0 Å². The van der Waals surface area contributed by atoms with Crippen LogP contribution in [0.5, 0.6) is 0 Å². The summed E-state index contributed by atoms with van der Waals surface area (Å²) in [6.07, 6.45) is 3.30. The molecule has 8 heteroatoms. The Bertz CT molecular complexity index is 1000. The second kappa shape index (κ2) is 12.1. The monoisotopic (exact) mass is 451 g/mol. The number of rotatable bonds is 11. The van der Waals surface area contributed by atoms with Crippen molar-refractivity contribution in [2.24, 2.45) is 5.73 Å². The number of carbonyl (C=O) groups excluding carboxylic acids is 2. The molecule has 0 aliphatic rings. The number of aryl methyl sites for hydroxylation is 1. The van der Waals surface area contributed by atoms with E-state index in [1.165, 1.54) is 11.3 Å². The lowest BCUT2D eigenvalue weighted by Crippen LogP contribution is -2.45. The molecule has 32 heavy (non-hydrogen) atoms. The Morgan fingerprint density at radius 1 is 1.00 bits per heavy atom. The van der Waals surface area contributed by atoms with Gasteiger partial charge in [-0.15, -0.1) is 10.2 Å². The van der Waals surface area contributed by atoms with Crippen molar-refractivity contribution in [3.63, 3.8) is 0 Å². The summed E-state index contributed by atoms with van der Waals surface area (Å²) in [7, 11) is 0. The Labute approximate surface area is 192 Å². The Kier molecular flexibility index (Phi) is 8.89. The highest BCUT2D eigenvalue weighted by Crippen LogP contribution is 2.26. The summed E-state index contributed by atoms with van der Waals surface area (Å²) in [5.74, 6) is -0.452. The first-order chi connectivity index (χ1) is 15.5. The minimum atomic E-state index is -0.703. The van der Waals surface area contributed by atoms with E-state index < -0.39 is 6.04 Å². The van der Waals surface area contributed by atoms with Crippen LogP contribution in [0, 0.1) is 6.92 Å². The highest BCUT2D eigenvalue weighted by Gasteiger charge is 2.22. The molecule has 3 aromatic rings.